The number of para-hydroxylation sites is 3. The van der Waals surface area contributed by atoms with Crippen LogP contribution in [0.25, 0.3) is 61.3 Å². The molecule has 15 rings (SSSR count). The molecule has 0 amide bonds. The van der Waals surface area contributed by atoms with Crippen LogP contribution in [0.1, 0.15) is 22.3 Å². The highest BCUT2D eigenvalue weighted by molar-refractivity contribution is 6.02. The second kappa shape index (κ2) is 23.2. The van der Waals surface area contributed by atoms with Gasteiger partial charge in [-0.2, -0.15) is 0 Å². The Morgan fingerprint density at radius 1 is 0.239 bits per heavy atom. The number of allylic oxidation sites excluding steroid dienone is 4. The summed E-state index contributed by atoms with van der Waals surface area (Å²) in [6.07, 6.45) is 6.37. The van der Waals surface area contributed by atoms with Gasteiger partial charge in [0, 0.05) is 51.1 Å². The smallest absolute Gasteiger partial charge is 0.0740 e. The molecule has 0 N–H and O–H groups in total. The molecule has 2 aliphatic carbocycles. The van der Waals surface area contributed by atoms with Crippen molar-refractivity contribution in [1.82, 2.24) is 0 Å². The van der Waals surface area contributed by atoms with Crippen molar-refractivity contribution in [2.45, 2.75) is 5.41 Å². The maximum absolute atomic E-state index is 4.29. The molecule has 13 aromatic carbocycles. The third kappa shape index (κ3) is 9.52. The zero-order valence-electron chi connectivity index (χ0n) is 48.6. The van der Waals surface area contributed by atoms with E-state index in [0.717, 1.165) is 73.4 Å². The first-order valence-corrected chi connectivity index (χ1v) is 30.2. The molecule has 3 nitrogen and oxygen atoms in total. The van der Waals surface area contributed by atoms with Crippen molar-refractivity contribution in [2.24, 2.45) is 0 Å². The van der Waals surface area contributed by atoms with Crippen molar-refractivity contribution in [1.29, 1.82) is 0 Å². The lowest BCUT2D eigenvalue weighted by Gasteiger charge is -2.33. The van der Waals surface area contributed by atoms with Crippen molar-refractivity contribution >= 4 is 51.2 Å². The van der Waals surface area contributed by atoms with E-state index in [2.05, 4.69) is 373 Å². The molecule has 0 fully saturated rings. The molecule has 0 bridgehead atoms. The van der Waals surface area contributed by atoms with Crippen LogP contribution >= 0.6 is 0 Å². The van der Waals surface area contributed by atoms with Crippen molar-refractivity contribution in [2.75, 3.05) is 14.7 Å². The largest absolute Gasteiger partial charge is 0.310 e. The van der Waals surface area contributed by atoms with E-state index in [9.17, 15) is 0 Å². The van der Waals surface area contributed by atoms with E-state index in [1.807, 2.05) is 6.08 Å². The standard InChI is InChI=1S/C85H61N3/c1-2-3-40-82-84(88(71-36-20-9-21-37-71)74-54-47-66(48-55-74)63-30-14-6-15-31-63)79-39-23-25-42-81(79)85(82)80-41-24-22-38-77(80)78-56-49-67(59-83(78)85)68-57-75(86(69-32-16-7-17-33-69)72-50-43-64(44-51-72)61-26-10-4-11-27-61)60-76(58-68)87(70-34-18-8-19-35-70)73-52-45-65(46-53-73)62-28-12-5-13-29-62/h2-60H,1H2/b40-3-. The fourth-order valence-electron chi connectivity index (χ4n) is 13.5. The molecule has 3 heteroatoms. The van der Waals surface area contributed by atoms with Gasteiger partial charge in [0.1, 0.15) is 0 Å². The van der Waals surface area contributed by atoms with Crippen LogP contribution in [-0.2, 0) is 5.41 Å². The molecule has 13 aromatic rings. The maximum Gasteiger partial charge on any atom is 0.0740 e. The average Bonchev–Trinajstić information content (AvgIpc) is 1.56. The molecule has 0 aromatic heterocycles. The summed E-state index contributed by atoms with van der Waals surface area (Å²) in [6.45, 7) is 4.29. The fraction of sp³-hybridized carbons (Fsp3) is 0.0118. The molecule has 1 atom stereocenters. The molecular formula is C85H61N3. The van der Waals surface area contributed by atoms with E-state index >= 15 is 0 Å². The Hall–Kier alpha value is -11.5. The van der Waals surface area contributed by atoms with Gasteiger partial charge in [-0.05, 0) is 175 Å². The van der Waals surface area contributed by atoms with E-state index in [0.29, 0.717) is 0 Å². The predicted octanol–water partition coefficient (Wildman–Crippen LogP) is 22.9. The van der Waals surface area contributed by atoms with Gasteiger partial charge in [0.15, 0.2) is 0 Å². The topological polar surface area (TPSA) is 9.72 Å². The summed E-state index contributed by atoms with van der Waals surface area (Å²) in [4.78, 5) is 7.28. The van der Waals surface area contributed by atoms with Crippen LogP contribution in [0.15, 0.2) is 370 Å². The molecule has 0 heterocycles. The van der Waals surface area contributed by atoms with E-state index in [1.165, 1.54) is 61.2 Å². The lowest BCUT2D eigenvalue weighted by molar-refractivity contribution is 0.786. The quantitative estimate of drug-likeness (QED) is 0.0948. The van der Waals surface area contributed by atoms with E-state index < -0.39 is 5.41 Å². The monoisotopic (exact) mass is 1120 g/mol. The van der Waals surface area contributed by atoms with Crippen LogP contribution in [0.3, 0.4) is 0 Å². The normalized spacial score (nSPS) is 13.7. The zero-order valence-corrected chi connectivity index (χ0v) is 48.6. The molecule has 0 aliphatic heterocycles. The van der Waals surface area contributed by atoms with Crippen molar-refractivity contribution < 1.29 is 0 Å². The summed E-state index contributed by atoms with van der Waals surface area (Å²) in [7, 11) is 0. The van der Waals surface area contributed by atoms with Crippen molar-refractivity contribution in [3.63, 3.8) is 0 Å². The average molecular weight is 1120 g/mol. The lowest BCUT2D eigenvalue weighted by atomic mass is 9.69. The van der Waals surface area contributed by atoms with Crippen LogP contribution in [0.4, 0.5) is 45.5 Å². The van der Waals surface area contributed by atoms with Gasteiger partial charge in [-0.15, -0.1) is 0 Å². The highest BCUT2D eigenvalue weighted by Crippen LogP contribution is 2.64. The highest BCUT2D eigenvalue weighted by atomic mass is 15.2. The SMILES string of the molecule is C=C/C=C\C1=C(N(c2ccccc2)c2ccc(-c3ccccc3)cc2)c2ccccc2C12c1ccccc1-c1ccc(-c3cc(N(c4ccccc4)c4ccc(-c5ccccc5)cc4)cc(N(c4ccccc4)c4ccc(-c5ccccc5)cc4)c3)cc12. The number of anilines is 8. The molecule has 2 aliphatic rings. The lowest BCUT2D eigenvalue weighted by Crippen LogP contribution is -2.27. The van der Waals surface area contributed by atoms with Crippen LogP contribution in [-0.4, -0.2) is 0 Å². The van der Waals surface area contributed by atoms with Gasteiger partial charge in [-0.25, -0.2) is 0 Å². The summed E-state index contributed by atoms with van der Waals surface area (Å²) in [5.41, 5.74) is 26.5. The van der Waals surface area contributed by atoms with Crippen molar-refractivity contribution in [3.8, 4) is 55.6 Å². The molecule has 88 heavy (non-hydrogen) atoms. The fourth-order valence-corrected chi connectivity index (χ4v) is 13.5. The summed E-state index contributed by atoms with van der Waals surface area (Å²) in [5.74, 6) is 0. The summed E-state index contributed by atoms with van der Waals surface area (Å²) >= 11 is 0. The number of fused-ring (bicyclic) bond motifs is 7. The van der Waals surface area contributed by atoms with Crippen LogP contribution in [0.5, 0.6) is 0 Å². The second-order valence-corrected chi connectivity index (χ2v) is 22.4. The molecule has 0 radical (unpaired) electrons. The molecule has 0 saturated heterocycles. The van der Waals surface area contributed by atoms with E-state index in [1.54, 1.807) is 0 Å². The summed E-state index contributed by atoms with van der Waals surface area (Å²) < 4.78 is 0. The van der Waals surface area contributed by atoms with Gasteiger partial charge >= 0.3 is 0 Å². The van der Waals surface area contributed by atoms with E-state index in [-0.39, 0.29) is 0 Å². The van der Waals surface area contributed by atoms with Gasteiger partial charge in [0.2, 0.25) is 0 Å². The van der Waals surface area contributed by atoms with E-state index in [4.69, 9.17) is 0 Å². The van der Waals surface area contributed by atoms with Gasteiger partial charge in [0.25, 0.3) is 0 Å². The van der Waals surface area contributed by atoms with Crippen LogP contribution in [0, 0.1) is 0 Å². The Balaban J connectivity index is 0.972. The number of rotatable bonds is 15. The minimum Gasteiger partial charge on any atom is -0.310 e. The minimum absolute atomic E-state index is 0.738. The van der Waals surface area contributed by atoms with Crippen molar-refractivity contribution in [3.05, 3.63) is 392 Å². The minimum atomic E-state index is -0.738. The Bertz CT molecular complexity index is 4550. The van der Waals surface area contributed by atoms with Gasteiger partial charge < -0.3 is 14.7 Å². The number of hydrogen-bond acceptors (Lipinski definition) is 3. The predicted molar refractivity (Wildman–Crippen MR) is 371 cm³/mol. The molecule has 1 unspecified atom stereocenters. The van der Waals surface area contributed by atoms with Crippen LogP contribution in [0.2, 0.25) is 0 Å². The molecule has 1 spiro atoms. The van der Waals surface area contributed by atoms with Gasteiger partial charge in [0.05, 0.1) is 11.1 Å². The first-order chi connectivity index (χ1) is 43.6. The molecular weight excluding hydrogens is 1060 g/mol. The third-order valence-corrected chi connectivity index (χ3v) is 17.4. The summed E-state index contributed by atoms with van der Waals surface area (Å²) in [6, 6.07) is 124. The van der Waals surface area contributed by atoms with Gasteiger partial charge in [-0.3, -0.25) is 0 Å². The first kappa shape index (κ1) is 53.2. The number of hydrogen-bond donors (Lipinski definition) is 0. The highest BCUT2D eigenvalue weighted by Gasteiger charge is 2.53. The summed E-state index contributed by atoms with van der Waals surface area (Å²) in [5, 5.41) is 0. The number of nitrogens with zero attached hydrogens (tertiary/aromatic N) is 3. The maximum atomic E-state index is 4.29. The Labute approximate surface area is 516 Å². The van der Waals surface area contributed by atoms with Gasteiger partial charge in [-0.1, -0.05) is 267 Å². The van der Waals surface area contributed by atoms with Crippen LogP contribution < -0.4 is 14.7 Å². The molecule has 416 valence electrons. The Morgan fingerprint density at radius 2 is 0.568 bits per heavy atom. The number of benzene rings is 13. The zero-order chi connectivity index (χ0) is 58.8. The Morgan fingerprint density at radius 3 is 1.01 bits per heavy atom. The second-order valence-electron chi connectivity index (χ2n) is 22.4. The Kier molecular flexibility index (Phi) is 14.0. The third-order valence-electron chi connectivity index (χ3n) is 17.4. The first-order valence-electron chi connectivity index (χ1n) is 30.2. The molecule has 0 saturated carbocycles.